The van der Waals surface area contributed by atoms with Gasteiger partial charge in [0.25, 0.3) is 0 Å². The Bertz CT molecular complexity index is 603. The molecule has 0 aliphatic heterocycles. The van der Waals surface area contributed by atoms with Crippen molar-refractivity contribution in [1.29, 1.82) is 0 Å². The molecule has 0 unspecified atom stereocenters. The van der Waals surface area contributed by atoms with Gasteiger partial charge < -0.3 is 5.11 Å². The molecule has 3 heteroatoms. The molecule has 2 aromatic rings. The maximum atomic E-state index is 10.5. The molecule has 0 saturated carbocycles. The highest BCUT2D eigenvalue weighted by molar-refractivity contribution is 6.30. The second-order valence-electron chi connectivity index (χ2n) is 3.81. The summed E-state index contributed by atoms with van der Waals surface area (Å²) < 4.78 is 0. The lowest BCUT2D eigenvalue weighted by atomic mass is 10.0. The fourth-order valence-electron chi connectivity index (χ4n) is 1.66. The van der Waals surface area contributed by atoms with Crippen molar-refractivity contribution in [2.24, 2.45) is 0 Å². The fraction of sp³-hybridized carbons (Fsp3) is 0. The second kappa shape index (κ2) is 5.52. The minimum atomic E-state index is -0.955. The Morgan fingerprint density at radius 3 is 2.39 bits per heavy atom. The number of carboxylic acid groups (broad SMARTS) is 1. The second-order valence-corrected chi connectivity index (χ2v) is 4.24. The largest absolute Gasteiger partial charge is 0.478 e. The van der Waals surface area contributed by atoms with E-state index in [0.29, 0.717) is 5.02 Å². The van der Waals surface area contributed by atoms with Gasteiger partial charge in [-0.15, -0.1) is 0 Å². The summed E-state index contributed by atoms with van der Waals surface area (Å²) in [7, 11) is 0. The highest BCUT2D eigenvalue weighted by atomic mass is 35.5. The molecule has 0 aromatic heterocycles. The van der Waals surface area contributed by atoms with E-state index in [0.717, 1.165) is 22.8 Å². The summed E-state index contributed by atoms with van der Waals surface area (Å²) in [5.41, 5.74) is 2.85. The molecular weight excluding hydrogens is 248 g/mol. The molecule has 1 N–H and O–H groups in total. The van der Waals surface area contributed by atoms with Crippen molar-refractivity contribution in [3.63, 3.8) is 0 Å². The number of carbonyl (C=O) groups is 1. The molecule has 0 bridgehead atoms. The molecule has 0 fully saturated rings. The van der Waals surface area contributed by atoms with Gasteiger partial charge in [-0.25, -0.2) is 4.79 Å². The van der Waals surface area contributed by atoms with Crippen molar-refractivity contribution in [1.82, 2.24) is 0 Å². The van der Waals surface area contributed by atoms with Crippen molar-refractivity contribution in [2.75, 3.05) is 0 Å². The van der Waals surface area contributed by atoms with Crippen LogP contribution >= 0.6 is 11.6 Å². The molecule has 2 nitrogen and oxygen atoms in total. The van der Waals surface area contributed by atoms with Crippen LogP contribution in [0, 0.1) is 0 Å². The zero-order valence-electron chi connectivity index (χ0n) is 9.51. The van der Waals surface area contributed by atoms with E-state index in [1.54, 1.807) is 6.08 Å². The zero-order valence-corrected chi connectivity index (χ0v) is 10.3. The topological polar surface area (TPSA) is 37.3 Å². The minimum Gasteiger partial charge on any atom is -0.478 e. The van der Waals surface area contributed by atoms with Crippen LogP contribution in [0.3, 0.4) is 0 Å². The molecule has 0 atom stereocenters. The first-order valence-corrected chi connectivity index (χ1v) is 5.80. The SMILES string of the molecule is O=C(O)/C=C/c1cccc(-c2cccc(Cl)c2)c1. The number of halogens is 1. The van der Waals surface area contributed by atoms with Crippen LogP contribution in [0.5, 0.6) is 0 Å². The average molecular weight is 259 g/mol. The van der Waals surface area contributed by atoms with E-state index >= 15 is 0 Å². The van der Waals surface area contributed by atoms with Gasteiger partial charge in [-0.3, -0.25) is 0 Å². The van der Waals surface area contributed by atoms with Crippen LogP contribution < -0.4 is 0 Å². The maximum Gasteiger partial charge on any atom is 0.328 e. The van der Waals surface area contributed by atoms with Crippen LogP contribution in [0.2, 0.25) is 5.02 Å². The molecule has 0 saturated heterocycles. The van der Waals surface area contributed by atoms with E-state index in [1.165, 1.54) is 0 Å². The van der Waals surface area contributed by atoms with Crippen LogP contribution in [-0.4, -0.2) is 11.1 Å². The van der Waals surface area contributed by atoms with Gasteiger partial charge in [0.05, 0.1) is 0 Å². The molecule has 0 spiro atoms. The zero-order chi connectivity index (χ0) is 13.0. The third-order valence-electron chi connectivity index (χ3n) is 2.46. The number of hydrogen-bond acceptors (Lipinski definition) is 1. The maximum absolute atomic E-state index is 10.5. The lowest BCUT2D eigenvalue weighted by Gasteiger charge is -2.03. The van der Waals surface area contributed by atoms with Gasteiger partial charge in [-0.05, 0) is 41.0 Å². The number of aliphatic carboxylic acids is 1. The fourth-order valence-corrected chi connectivity index (χ4v) is 1.85. The molecule has 0 amide bonds. The smallest absolute Gasteiger partial charge is 0.328 e. The quantitative estimate of drug-likeness (QED) is 0.842. The molecule has 90 valence electrons. The Hall–Kier alpha value is -2.06. The molecule has 2 aromatic carbocycles. The van der Waals surface area contributed by atoms with Gasteiger partial charge >= 0.3 is 5.97 Å². The summed E-state index contributed by atoms with van der Waals surface area (Å²) in [6, 6.07) is 15.2. The minimum absolute atomic E-state index is 0.680. The third-order valence-corrected chi connectivity index (χ3v) is 2.70. The number of benzene rings is 2. The monoisotopic (exact) mass is 258 g/mol. The van der Waals surface area contributed by atoms with Crippen molar-refractivity contribution >= 4 is 23.6 Å². The van der Waals surface area contributed by atoms with Crippen LogP contribution in [0.25, 0.3) is 17.2 Å². The summed E-state index contributed by atoms with van der Waals surface area (Å²) in [6.45, 7) is 0. The summed E-state index contributed by atoms with van der Waals surface area (Å²) in [6.07, 6.45) is 2.69. The Kier molecular flexibility index (Phi) is 3.80. The van der Waals surface area contributed by atoms with E-state index in [1.807, 2.05) is 48.5 Å². The first-order valence-electron chi connectivity index (χ1n) is 5.42. The predicted molar refractivity (Wildman–Crippen MR) is 73.6 cm³/mol. The van der Waals surface area contributed by atoms with Crippen LogP contribution in [0.1, 0.15) is 5.56 Å². The summed E-state index contributed by atoms with van der Waals surface area (Å²) in [5.74, 6) is -0.955. The molecule has 0 radical (unpaired) electrons. The summed E-state index contributed by atoms with van der Waals surface area (Å²) in [4.78, 5) is 10.5. The van der Waals surface area contributed by atoms with E-state index in [9.17, 15) is 4.79 Å². The van der Waals surface area contributed by atoms with E-state index in [2.05, 4.69) is 0 Å². The van der Waals surface area contributed by atoms with Gasteiger partial charge in [0.15, 0.2) is 0 Å². The standard InChI is InChI=1S/C15H11ClO2/c16-14-6-2-5-13(10-14)12-4-1-3-11(9-12)7-8-15(17)18/h1-10H,(H,17,18)/b8-7+. The summed E-state index contributed by atoms with van der Waals surface area (Å²) >= 11 is 5.95. The van der Waals surface area contributed by atoms with E-state index in [-0.39, 0.29) is 0 Å². The highest BCUT2D eigenvalue weighted by Crippen LogP contribution is 2.23. The molecule has 0 aliphatic rings. The molecule has 0 heterocycles. The lowest BCUT2D eigenvalue weighted by Crippen LogP contribution is -1.86. The van der Waals surface area contributed by atoms with Gasteiger partial charge in [0.1, 0.15) is 0 Å². The van der Waals surface area contributed by atoms with Gasteiger partial charge in [0.2, 0.25) is 0 Å². The van der Waals surface area contributed by atoms with Gasteiger partial charge in [-0.1, -0.05) is 41.9 Å². The Labute approximate surface area is 110 Å². The Morgan fingerprint density at radius 2 is 1.72 bits per heavy atom. The number of rotatable bonds is 3. The number of carboxylic acids is 1. The first-order chi connectivity index (χ1) is 8.65. The van der Waals surface area contributed by atoms with Crippen molar-refractivity contribution in [3.05, 3.63) is 65.2 Å². The molecular formula is C15H11ClO2. The van der Waals surface area contributed by atoms with Crippen molar-refractivity contribution < 1.29 is 9.90 Å². The van der Waals surface area contributed by atoms with Crippen molar-refractivity contribution in [2.45, 2.75) is 0 Å². The number of hydrogen-bond donors (Lipinski definition) is 1. The molecule has 2 rings (SSSR count). The van der Waals surface area contributed by atoms with Crippen LogP contribution in [-0.2, 0) is 4.79 Å². The van der Waals surface area contributed by atoms with E-state index < -0.39 is 5.97 Å². The lowest BCUT2D eigenvalue weighted by molar-refractivity contribution is -0.131. The first kappa shape index (κ1) is 12.4. The highest BCUT2D eigenvalue weighted by Gasteiger charge is 1.99. The Balaban J connectivity index is 2.35. The summed E-state index contributed by atoms with van der Waals surface area (Å²) in [5, 5.41) is 9.27. The third kappa shape index (κ3) is 3.22. The van der Waals surface area contributed by atoms with Gasteiger partial charge in [0, 0.05) is 11.1 Å². The average Bonchev–Trinajstić information content (AvgIpc) is 2.37. The van der Waals surface area contributed by atoms with Crippen LogP contribution in [0.15, 0.2) is 54.6 Å². The molecule has 0 aliphatic carbocycles. The normalized spacial score (nSPS) is 10.7. The predicted octanol–water partition coefficient (Wildman–Crippen LogP) is 4.10. The van der Waals surface area contributed by atoms with Crippen LogP contribution in [0.4, 0.5) is 0 Å². The van der Waals surface area contributed by atoms with Gasteiger partial charge in [-0.2, -0.15) is 0 Å². The Morgan fingerprint density at radius 1 is 1.06 bits per heavy atom. The van der Waals surface area contributed by atoms with E-state index in [4.69, 9.17) is 16.7 Å². The van der Waals surface area contributed by atoms with Crippen molar-refractivity contribution in [3.8, 4) is 11.1 Å². The molecule has 18 heavy (non-hydrogen) atoms.